The van der Waals surface area contributed by atoms with Crippen molar-refractivity contribution in [1.29, 1.82) is 0 Å². The highest BCUT2D eigenvalue weighted by Gasteiger charge is 2.73. The van der Waals surface area contributed by atoms with Gasteiger partial charge in [-0.05, 0) is 98.2 Å². The Balaban J connectivity index is 1.62. The Kier molecular flexibility index (Phi) is 8.16. The summed E-state index contributed by atoms with van der Waals surface area (Å²) in [6.07, 6.45) is 6.49. The highest BCUT2D eigenvalue weighted by molar-refractivity contribution is 5.87. The fourth-order valence-corrected chi connectivity index (χ4v) is 11.6. The van der Waals surface area contributed by atoms with E-state index in [2.05, 4.69) is 40.7 Å². The lowest BCUT2D eigenvalue weighted by molar-refractivity contribution is -0.262. The Hall–Kier alpha value is -1.70. The molecule has 7 nitrogen and oxygen atoms in total. The lowest BCUT2D eigenvalue weighted by atomic mass is 9.33. The first-order valence-electron chi connectivity index (χ1n) is 17.0. The van der Waals surface area contributed by atoms with Crippen molar-refractivity contribution in [3.05, 3.63) is 23.3 Å². The van der Waals surface area contributed by atoms with E-state index in [0.29, 0.717) is 30.3 Å². The van der Waals surface area contributed by atoms with Gasteiger partial charge in [0.25, 0.3) is 0 Å². The molecule has 0 aromatic carbocycles. The minimum Gasteiger partial charge on any atom is -0.465 e. The van der Waals surface area contributed by atoms with Gasteiger partial charge in [-0.25, -0.2) is 4.79 Å². The molecule has 0 bridgehead atoms. The van der Waals surface area contributed by atoms with Gasteiger partial charge in [0.1, 0.15) is 18.8 Å². The molecular weight excluding hydrogens is 556 g/mol. The number of aliphatic hydroxyl groups excluding tert-OH is 3. The Morgan fingerprint density at radius 2 is 1.59 bits per heavy atom. The molecule has 7 heteroatoms. The summed E-state index contributed by atoms with van der Waals surface area (Å²) >= 11 is 0. The molecule has 1 unspecified atom stereocenters. The van der Waals surface area contributed by atoms with Gasteiger partial charge in [0.15, 0.2) is 0 Å². The molecule has 5 rings (SSSR count). The predicted molar refractivity (Wildman–Crippen MR) is 169 cm³/mol. The second-order valence-corrected chi connectivity index (χ2v) is 17.3. The first-order valence-corrected chi connectivity index (χ1v) is 17.0. The van der Waals surface area contributed by atoms with E-state index in [1.165, 1.54) is 12.5 Å². The molecule has 3 N–H and O–H groups in total. The molecule has 248 valence electrons. The van der Waals surface area contributed by atoms with E-state index in [0.717, 1.165) is 32.1 Å². The van der Waals surface area contributed by atoms with Crippen LogP contribution in [0.1, 0.15) is 114 Å². The van der Waals surface area contributed by atoms with E-state index < -0.39 is 41.1 Å². The average molecular weight is 615 g/mol. The Morgan fingerprint density at radius 3 is 2.20 bits per heavy atom. The molecule has 0 radical (unpaired) electrons. The highest BCUT2D eigenvalue weighted by Crippen LogP contribution is 2.75. The number of carbonyl (C=O) groups is 2. The third-order valence-electron chi connectivity index (χ3n) is 14.6. The molecule has 0 aromatic heterocycles. The standard InChI is InChI=1S/C37H58O7/c1-11-21(2)31(42)44-30-29(41)37(20-43-22(3)38)24(18-32(30,4)5)23-12-13-26-34(8)16-15-27(39)33(6,7)25(34)14-17-35(26,9)36(23,10)19-28(37)40/h11-12,24-30,39-41H,13-20H2,1-10H3/b21-11+/t24-,25-,26+,27-,28+,29-,30?,34-,35+,36+,37-/m0/s1. The average Bonchev–Trinajstić information content (AvgIpc) is 2.92. The van der Waals surface area contributed by atoms with E-state index in [9.17, 15) is 24.9 Å². The number of hydrogen-bond donors (Lipinski definition) is 3. The number of fused-ring (bicyclic) bond motifs is 7. The molecule has 0 heterocycles. The summed E-state index contributed by atoms with van der Waals surface area (Å²) in [5, 5.41) is 35.7. The van der Waals surface area contributed by atoms with Crippen LogP contribution in [0.25, 0.3) is 0 Å². The van der Waals surface area contributed by atoms with Crippen molar-refractivity contribution in [3.63, 3.8) is 0 Å². The van der Waals surface area contributed by atoms with Crippen LogP contribution in [0.2, 0.25) is 0 Å². The van der Waals surface area contributed by atoms with Gasteiger partial charge in [-0.3, -0.25) is 4.79 Å². The second-order valence-electron chi connectivity index (χ2n) is 17.3. The summed E-state index contributed by atoms with van der Waals surface area (Å²) in [6, 6.07) is 0. The quantitative estimate of drug-likeness (QED) is 0.198. The molecule has 4 fully saturated rings. The maximum atomic E-state index is 13.0. The van der Waals surface area contributed by atoms with Crippen molar-refractivity contribution >= 4 is 11.9 Å². The van der Waals surface area contributed by atoms with Crippen LogP contribution in [0, 0.1) is 50.2 Å². The second kappa shape index (κ2) is 10.7. The number of esters is 2. The summed E-state index contributed by atoms with van der Waals surface area (Å²) < 4.78 is 11.7. The zero-order chi connectivity index (χ0) is 32.8. The topological polar surface area (TPSA) is 113 Å². The number of ether oxygens (including phenoxy) is 2. The summed E-state index contributed by atoms with van der Waals surface area (Å²) in [5.41, 5.74) is -0.622. The van der Waals surface area contributed by atoms with Crippen LogP contribution in [0.15, 0.2) is 23.3 Å². The van der Waals surface area contributed by atoms with Gasteiger partial charge in [-0.15, -0.1) is 0 Å². The first kappa shape index (κ1) is 33.7. The molecule has 0 amide bonds. The van der Waals surface area contributed by atoms with Crippen LogP contribution >= 0.6 is 0 Å². The van der Waals surface area contributed by atoms with Crippen LogP contribution in [0.3, 0.4) is 0 Å². The number of rotatable bonds is 4. The normalized spacial score (nSPS) is 47.6. The van der Waals surface area contributed by atoms with E-state index >= 15 is 0 Å². The maximum Gasteiger partial charge on any atom is 0.333 e. The third kappa shape index (κ3) is 4.45. The lowest BCUT2D eigenvalue weighted by Gasteiger charge is -2.72. The molecule has 0 aromatic rings. The zero-order valence-corrected chi connectivity index (χ0v) is 28.8. The van der Waals surface area contributed by atoms with E-state index in [4.69, 9.17) is 9.47 Å². The molecule has 5 aliphatic rings. The number of carbonyl (C=O) groups excluding carboxylic acids is 2. The number of hydrogen-bond acceptors (Lipinski definition) is 7. The molecule has 11 atom stereocenters. The number of aliphatic hydroxyl groups is 3. The minimum absolute atomic E-state index is 0.0628. The molecule has 44 heavy (non-hydrogen) atoms. The van der Waals surface area contributed by atoms with Crippen molar-refractivity contribution in [1.82, 2.24) is 0 Å². The fraction of sp³-hybridized carbons (Fsp3) is 0.838. The first-order chi connectivity index (χ1) is 20.2. The van der Waals surface area contributed by atoms with Gasteiger partial charge in [0.2, 0.25) is 0 Å². The van der Waals surface area contributed by atoms with Gasteiger partial charge in [0.05, 0.1) is 17.6 Å². The van der Waals surface area contributed by atoms with Crippen molar-refractivity contribution in [2.24, 2.45) is 50.2 Å². The summed E-state index contributed by atoms with van der Waals surface area (Å²) in [7, 11) is 0. The Morgan fingerprint density at radius 1 is 0.932 bits per heavy atom. The van der Waals surface area contributed by atoms with Crippen LogP contribution in [-0.2, 0) is 19.1 Å². The van der Waals surface area contributed by atoms with Crippen molar-refractivity contribution in [3.8, 4) is 0 Å². The third-order valence-corrected chi connectivity index (χ3v) is 14.6. The molecule has 4 saturated carbocycles. The minimum atomic E-state index is -1.23. The van der Waals surface area contributed by atoms with Crippen molar-refractivity contribution in [2.45, 2.75) is 139 Å². The van der Waals surface area contributed by atoms with Crippen LogP contribution in [0.4, 0.5) is 0 Å². The van der Waals surface area contributed by atoms with E-state index in [-0.39, 0.29) is 40.3 Å². The predicted octanol–water partition coefficient (Wildman–Crippen LogP) is 6.14. The number of allylic oxidation sites excluding steroid dienone is 3. The van der Waals surface area contributed by atoms with Gasteiger partial charge in [-0.1, -0.05) is 66.2 Å². The van der Waals surface area contributed by atoms with Crippen molar-refractivity contribution in [2.75, 3.05) is 6.61 Å². The smallest absolute Gasteiger partial charge is 0.333 e. The van der Waals surface area contributed by atoms with Gasteiger partial charge >= 0.3 is 11.9 Å². The van der Waals surface area contributed by atoms with Gasteiger partial charge in [-0.2, -0.15) is 0 Å². The van der Waals surface area contributed by atoms with Crippen LogP contribution in [0.5, 0.6) is 0 Å². The molecule has 0 spiro atoms. The zero-order valence-electron chi connectivity index (χ0n) is 28.8. The molecule has 5 aliphatic carbocycles. The van der Waals surface area contributed by atoms with Gasteiger partial charge < -0.3 is 24.8 Å². The van der Waals surface area contributed by atoms with Gasteiger partial charge in [0, 0.05) is 17.9 Å². The SMILES string of the molecule is C/C=C(\C)C(=O)OC1[C@H](O)[C@]2(COC(C)=O)[C@H](O)C[C@]3(C)C(=CC[C@@H]4[C@@]5(C)CC[C@H](O)C(C)(C)[C@@H]5CC[C@]43C)[C@@H]2CC1(C)C. The van der Waals surface area contributed by atoms with Crippen LogP contribution < -0.4 is 0 Å². The summed E-state index contributed by atoms with van der Waals surface area (Å²) in [5.74, 6) is -0.406. The van der Waals surface area contributed by atoms with E-state index in [1.54, 1.807) is 19.9 Å². The maximum absolute atomic E-state index is 13.0. The highest BCUT2D eigenvalue weighted by atomic mass is 16.6. The Labute approximate surface area is 264 Å². The van der Waals surface area contributed by atoms with E-state index in [1.807, 2.05) is 13.8 Å². The Bertz CT molecular complexity index is 1250. The summed E-state index contributed by atoms with van der Waals surface area (Å²) in [6.45, 7) is 20.5. The largest absolute Gasteiger partial charge is 0.465 e. The molecular formula is C37H58O7. The fourth-order valence-electron chi connectivity index (χ4n) is 11.6. The summed E-state index contributed by atoms with van der Waals surface area (Å²) in [4.78, 5) is 25.2. The monoisotopic (exact) mass is 614 g/mol. The molecule has 0 aliphatic heterocycles. The lowest BCUT2D eigenvalue weighted by Crippen LogP contribution is -2.72. The molecule has 0 saturated heterocycles. The van der Waals surface area contributed by atoms with Crippen molar-refractivity contribution < 1.29 is 34.4 Å². The van der Waals surface area contributed by atoms with Crippen LogP contribution in [-0.4, -0.2) is 58.3 Å².